The second-order valence-corrected chi connectivity index (χ2v) is 8.03. The topological polar surface area (TPSA) is 67.2 Å². The number of carbonyl (C=O) groups excluding carboxylic acids is 1. The molecule has 0 spiro atoms. The highest BCUT2D eigenvalue weighted by Gasteiger charge is 2.52. The molecule has 2 aromatic heterocycles. The predicted octanol–water partition coefficient (Wildman–Crippen LogP) is 1.79. The number of likely N-dealkylation sites (tertiary alicyclic amines) is 1. The molecule has 2 unspecified atom stereocenters. The summed E-state index contributed by atoms with van der Waals surface area (Å²) in [5, 5.41) is 0. The van der Waals surface area contributed by atoms with Gasteiger partial charge in [0.1, 0.15) is 6.33 Å². The number of hydrogen-bond acceptors (Lipinski definition) is 5. The first-order chi connectivity index (χ1) is 12.9. The van der Waals surface area contributed by atoms with Crippen molar-refractivity contribution in [2.45, 2.75) is 32.2 Å². The number of anilines is 1. The molecule has 2 aliphatic heterocycles. The van der Waals surface area contributed by atoms with E-state index in [2.05, 4.69) is 19.9 Å². The Morgan fingerprint density at radius 3 is 2.48 bits per heavy atom. The molecule has 1 aliphatic carbocycles. The average molecular weight is 376 g/mol. The number of imidazole rings is 1. The van der Waals surface area contributed by atoms with Crippen LogP contribution in [0.5, 0.6) is 0 Å². The van der Waals surface area contributed by atoms with E-state index in [1.165, 1.54) is 0 Å². The normalized spacial score (nSPS) is 27.2. The molecule has 9 heteroatoms. The molecular formula is C18H22F2N6O. The number of hydrogen-bond donors (Lipinski definition) is 0. The van der Waals surface area contributed by atoms with Crippen molar-refractivity contribution in [2.24, 2.45) is 17.8 Å². The quantitative estimate of drug-likeness (QED) is 0.817. The van der Waals surface area contributed by atoms with Crippen molar-refractivity contribution < 1.29 is 13.6 Å². The third-order valence-electron chi connectivity index (χ3n) is 6.26. The molecule has 0 radical (unpaired) electrons. The van der Waals surface area contributed by atoms with E-state index >= 15 is 0 Å². The number of fused-ring (bicyclic) bond motifs is 2. The van der Waals surface area contributed by atoms with E-state index in [1.807, 2.05) is 11.5 Å². The van der Waals surface area contributed by atoms with Crippen LogP contribution in [0, 0.1) is 17.8 Å². The average Bonchev–Trinajstić information content (AvgIpc) is 3.30. The van der Waals surface area contributed by atoms with Crippen LogP contribution >= 0.6 is 0 Å². The van der Waals surface area contributed by atoms with Gasteiger partial charge in [-0.1, -0.05) is 0 Å². The lowest BCUT2D eigenvalue weighted by Gasteiger charge is -2.36. The Kier molecular flexibility index (Phi) is 3.64. The highest BCUT2D eigenvalue weighted by molar-refractivity contribution is 5.84. The Morgan fingerprint density at radius 2 is 1.85 bits per heavy atom. The summed E-state index contributed by atoms with van der Waals surface area (Å²) in [6, 6.07) is 0. The van der Waals surface area contributed by atoms with E-state index in [0.717, 1.165) is 36.6 Å². The molecule has 1 saturated carbocycles. The fraction of sp³-hybridized carbons (Fsp3) is 0.667. The molecule has 2 atom stereocenters. The summed E-state index contributed by atoms with van der Waals surface area (Å²) in [6.07, 6.45) is 2.78. The molecule has 2 saturated heterocycles. The molecule has 0 aromatic carbocycles. The van der Waals surface area contributed by atoms with Gasteiger partial charge in [0.25, 0.3) is 0 Å². The molecule has 27 heavy (non-hydrogen) atoms. The maximum absolute atomic E-state index is 13.1. The van der Waals surface area contributed by atoms with Crippen molar-refractivity contribution in [3.63, 3.8) is 0 Å². The summed E-state index contributed by atoms with van der Waals surface area (Å²) < 4.78 is 28.1. The maximum atomic E-state index is 13.1. The number of halogens is 2. The number of aryl methyl sites for hydroxylation is 1. The fourth-order valence-electron chi connectivity index (χ4n) is 4.77. The van der Waals surface area contributed by atoms with E-state index in [4.69, 9.17) is 0 Å². The standard InChI is InChI=1S/C18H22F2N6O/c1-2-24-10-23-14-15(24)21-9-22-16(14)25-5-12-7-26(8-13(12)6-25)17(27)11-3-18(19,20)4-11/h9-13H,2-8H2,1H3. The van der Waals surface area contributed by atoms with Crippen LogP contribution in [0.15, 0.2) is 12.7 Å². The molecule has 144 valence electrons. The van der Waals surface area contributed by atoms with E-state index in [0.29, 0.717) is 24.9 Å². The second kappa shape index (κ2) is 5.84. The maximum Gasteiger partial charge on any atom is 0.249 e. The van der Waals surface area contributed by atoms with Gasteiger partial charge in [-0.3, -0.25) is 4.79 Å². The molecular weight excluding hydrogens is 354 g/mol. The molecule has 2 aromatic rings. The minimum Gasteiger partial charge on any atom is -0.354 e. The fourth-order valence-corrected chi connectivity index (χ4v) is 4.77. The van der Waals surface area contributed by atoms with Gasteiger partial charge >= 0.3 is 0 Å². The van der Waals surface area contributed by atoms with Crippen molar-refractivity contribution in [3.05, 3.63) is 12.7 Å². The zero-order chi connectivity index (χ0) is 18.8. The number of rotatable bonds is 3. The van der Waals surface area contributed by atoms with Crippen LogP contribution in [0.3, 0.4) is 0 Å². The monoisotopic (exact) mass is 376 g/mol. The summed E-state index contributed by atoms with van der Waals surface area (Å²) in [5.41, 5.74) is 1.64. The lowest BCUT2D eigenvalue weighted by Crippen LogP contribution is -2.46. The van der Waals surface area contributed by atoms with Gasteiger partial charge in [0, 0.05) is 63.3 Å². The summed E-state index contributed by atoms with van der Waals surface area (Å²) in [7, 11) is 0. The molecule has 3 fully saturated rings. The number of carbonyl (C=O) groups is 1. The van der Waals surface area contributed by atoms with Crippen LogP contribution in [0.25, 0.3) is 11.2 Å². The second-order valence-electron chi connectivity index (χ2n) is 8.03. The van der Waals surface area contributed by atoms with Crippen LogP contribution < -0.4 is 4.90 Å². The first-order valence-corrected chi connectivity index (χ1v) is 9.52. The number of nitrogens with zero attached hydrogens (tertiary/aromatic N) is 6. The van der Waals surface area contributed by atoms with Crippen molar-refractivity contribution in [1.29, 1.82) is 0 Å². The Labute approximate surface area is 155 Å². The van der Waals surface area contributed by atoms with Gasteiger partial charge in [0.2, 0.25) is 11.8 Å². The van der Waals surface area contributed by atoms with Gasteiger partial charge in [-0.15, -0.1) is 0 Å². The van der Waals surface area contributed by atoms with Gasteiger partial charge in [-0.25, -0.2) is 23.7 Å². The number of aromatic nitrogens is 4. The summed E-state index contributed by atoms with van der Waals surface area (Å²) in [4.78, 5) is 29.8. The summed E-state index contributed by atoms with van der Waals surface area (Å²) in [6.45, 7) is 5.77. The molecule has 4 heterocycles. The molecule has 0 N–H and O–H groups in total. The number of alkyl halides is 2. The van der Waals surface area contributed by atoms with Gasteiger partial charge in [0.15, 0.2) is 17.0 Å². The lowest BCUT2D eigenvalue weighted by atomic mass is 9.80. The number of amides is 1. The molecule has 1 amide bonds. The smallest absolute Gasteiger partial charge is 0.249 e. The lowest BCUT2D eigenvalue weighted by molar-refractivity contribution is -0.159. The van der Waals surface area contributed by atoms with Crippen molar-refractivity contribution in [2.75, 3.05) is 31.1 Å². The summed E-state index contributed by atoms with van der Waals surface area (Å²) in [5.74, 6) is -1.67. The van der Waals surface area contributed by atoms with Crippen LogP contribution in [0.1, 0.15) is 19.8 Å². The Bertz CT molecular complexity index is 877. The highest BCUT2D eigenvalue weighted by atomic mass is 19.3. The summed E-state index contributed by atoms with van der Waals surface area (Å²) >= 11 is 0. The van der Waals surface area contributed by atoms with Gasteiger partial charge in [-0.05, 0) is 6.92 Å². The Hall–Kier alpha value is -2.32. The van der Waals surface area contributed by atoms with E-state index in [-0.39, 0.29) is 18.7 Å². The first-order valence-electron chi connectivity index (χ1n) is 9.52. The zero-order valence-electron chi connectivity index (χ0n) is 15.2. The van der Waals surface area contributed by atoms with E-state index in [1.54, 1.807) is 17.6 Å². The van der Waals surface area contributed by atoms with Crippen LogP contribution in [-0.4, -0.2) is 62.4 Å². The van der Waals surface area contributed by atoms with Crippen LogP contribution in [0.4, 0.5) is 14.6 Å². The van der Waals surface area contributed by atoms with Crippen molar-refractivity contribution >= 4 is 22.9 Å². The third kappa shape index (κ3) is 2.66. The van der Waals surface area contributed by atoms with Gasteiger partial charge < -0.3 is 14.4 Å². The third-order valence-corrected chi connectivity index (χ3v) is 6.26. The van der Waals surface area contributed by atoms with Gasteiger partial charge in [0.05, 0.1) is 6.33 Å². The first kappa shape index (κ1) is 16.8. The molecule has 5 rings (SSSR count). The molecule has 3 aliphatic rings. The van der Waals surface area contributed by atoms with Crippen molar-refractivity contribution in [3.8, 4) is 0 Å². The SMILES string of the molecule is CCn1cnc2c(N3CC4CN(C(=O)C5CC(F)(F)C5)CC4C3)ncnc21. The largest absolute Gasteiger partial charge is 0.354 e. The van der Waals surface area contributed by atoms with Crippen LogP contribution in [0.2, 0.25) is 0 Å². The van der Waals surface area contributed by atoms with E-state index in [9.17, 15) is 13.6 Å². The molecule has 7 nitrogen and oxygen atoms in total. The van der Waals surface area contributed by atoms with E-state index < -0.39 is 11.8 Å². The minimum absolute atomic E-state index is 0.0898. The minimum atomic E-state index is -2.65. The van der Waals surface area contributed by atoms with Crippen molar-refractivity contribution in [1.82, 2.24) is 24.4 Å². The highest BCUT2D eigenvalue weighted by Crippen LogP contribution is 2.44. The predicted molar refractivity (Wildman–Crippen MR) is 94.4 cm³/mol. The van der Waals surface area contributed by atoms with Crippen LogP contribution in [-0.2, 0) is 11.3 Å². The Morgan fingerprint density at radius 1 is 1.15 bits per heavy atom. The van der Waals surface area contributed by atoms with Gasteiger partial charge in [-0.2, -0.15) is 0 Å². The Balaban J connectivity index is 1.28. The molecule has 0 bridgehead atoms. The zero-order valence-corrected chi connectivity index (χ0v) is 15.2.